The summed E-state index contributed by atoms with van der Waals surface area (Å²) < 4.78 is 10.7. The van der Waals surface area contributed by atoms with Crippen molar-refractivity contribution in [1.82, 2.24) is 15.5 Å². The number of hydrogen-bond donors (Lipinski definition) is 2. The predicted molar refractivity (Wildman–Crippen MR) is 118 cm³/mol. The maximum atomic E-state index is 13.1. The lowest BCUT2D eigenvalue weighted by atomic mass is 9.69. The van der Waals surface area contributed by atoms with Gasteiger partial charge in [-0.1, -0.05) is 33.3 Å². The molecule has 2 N–H and O–H groups in total. The van der Waals surface area contributed by atoms with Gasteiger partial charge in [0.05, 0.1) is 0 Å². The van der Waals surface area contributed by atoms with Gasteiger partial charge in [0.1, 0.15) is 12.1 Å². The van der Waals surface area contributed by atoms with E-state index in [-0.39, 0.29) is 25.3 Å². The molecule has 0 spiro atoms. The van der Waals surface area contributed by atoms with Crippen molar-refractivity contribution in [3.63, 3.8) is 0 Å². The molecule has 1 atom stereocenters. The van der Waals surface area contributed by atoms with Crippen molar-refractivity contribution >= 4 is 17.8 Å². The van der Waals surface area contributed by atoms with Crippen molar-refractivity contribution in [3.05, 3.63) is 23.8 Å². The van der Waals surface area contributed by atoms with Gasteiger partial charge in [-0.15, -0.1) is 0 Å². The molecule has 4 amide bonds. The average molecular weight is 444 g/mol. The van der Waals surface area contributed by atoms with Crippen LogP contribution in [0, 0.1) is 11.3 Å². The Morgan fingerprint density at radius 2 is 1.88 bits per heavy atom. The predicted octanol–water partition coefficient (Wildman–Crippen LogP) is 3.29. The molecule has 1 unspecified atom stereocenters. The Bertz CT molecular complexity index is 922. The lowest BCUT2D eigenvalue weighted by Gasteiger charge is -2.39. The third-order valence-corrected chi connectivity index (χ3v) is 7.64. The standard InChI is InChI=1S/C24H33N3O5/c1-5-23(2,3)15-6-9-17(10-7-15)25-20(28)13-27-21(29)24(4,26-22(27)30)16-8-11-18-19(12-16)32-14-31-18/h8,11-12,15,17H,5-7,9-10,13-14H2,1-4H3,(H,25,28)(H,26,30). The number of hydrogen-bond acceptors (Lipinski definition) is 5. The van der Waals surface area contributed by atoms with E-state index in [1.807, 2.05) is 0 Å². The van der Waals surface area contributed by atoms with Crippen molar-refractivity contribution in [2.75, 3.05) is 13.3 Å². The first kappa shape index (κ1) is 22.4. The van der Waals surface area contributed by atoms with E-state index in [2.05, 4.69) is 31.4 Å². The molecule has 1 aliphatic carbocycles. The quantitative estimate of drug-likeness (QED) is 0.658. The first-order valence-electron chi connectivity index (χ1n) is 11.5. The number of amides is 4. The third-order valence-electron chi connectivity index (χ3n) is 7.64. The topological polar surface area (TPSA) is 97.0 Å². The fourth-order valence-electron chi connectivity index (χ4n) is 4.97. The lowest BCUT2D eigenvalue weighted by molar-refractivity contribution is -0.135. The highest BCUT2D eigenvalue weighted by Crippen LogP contribution is 2.40. The lowest BCUT2D eigenvalue weighted by Crippen LogP contribution is -2.46. The van der Waals surface area contributed by atoms with E-state index in [1.165, 1.54) is 0 Å². The molecule has 0 radical (unpaired) electrons. The van der Waals surface area contributed by atoms with E-state index in [0.717, 1.165) is 37.0 Å². The van der Waals surface area contributed by atoms with Crippen LogP contribution >= 0.6 is 0 Å². The fraction of sp³-hybridized carbons (Fsp3) is 0.625. The zero-order valence-corrected chi connectivity index (χ0v) is 19.3. The van der Waals surface area contributed by atoms with Crippen molar-refractivity contribution in [1.29, 1.82) is 0 Å². The number of imide groups is 1. The van der Waals surface area contributed by atoms with Gasteiger partial charge in [-0.3, -0.25) is 14.5 Å². The van der Waals surface area contributed by atoms with Crippen LogP contribution in [0.25, 0.3) is 0 Å². The van der Waals surface area contributed by atoms with Crippen molar-refractivity contribution < 1.29 is 23.9 Å². The van der Waals surface area contributed by atoms with Crippen LogP contribution in [0.4, 0.5) is 4.79 Å². The van der Waals surface area contributed by atoms with E-state index in [0.29, 0.717) is 28.4 Å². The maximum Gasteiger partial charge on any atom is 0.325 e. The highest BCUT2D eigenvalue weighted by molar-refractivity contribution is 6.09. The number of fused-ring (bicyclic) bond motifs is 1. The second-order valence-electron chi connectivity index (χ2n) is 9.97. The smallest absolute Gasteiger partial charge is 0.325 e. The summed E-state index contributed by atoms with van der Waals surface area (Å²) in [5.41, 5.74) is -0.365. The van der Waals surface area contributed by atoms with Gasteiger partial charge in [-0.25, -0.2) is 4.79 Å². The van der Waals surface area contributed by atoms with Crippen molar-refractivity contribution in [3.8, 4) is 11.5 Å². The van der Waals surface area contributed by atoms with E-state index < -0.39 is 17.5 Å². The van der Waals surface area contributed by atoms with Crippen LogP contribution < -0.4 is 20.1 Å². The van der Waals surface area contributed by atoms with Crippen LogP contribution in [0.2, 0.25) is 0 Å². The number of rotatable bonds is 6. The number of nitrogens with zero attached hydrogens (tertiary/aromatic N) is 1. The second-order valence-corrected chi connectivity index (χ2v) is 9.97. The molecule has 1 aromatic carbocycles. The van der Waals surface area contributed by atoms with Gasteiger partial charge in [0, 0.05) is 6.04 Å². The van der Waals surface area contributed by atoms with Crippen LogP contribution in [0.5, 0.6) is 11.5 Å². The highest BCUT2D eigenvalue weighted by Gasteiger charge is 2.50. The molecule has 2 heterocycles. The molecule has 1 aromatic rings. The third kappa shape index (κ3) is 4.02. The van der Waals surface area contributed by atoms with Crippen LogP contribution in [0.1, 0.15) is 65.4 Å². The number of carbonyl (C=O) groups excluding carboxylic acids is 3. The molecule has 1 saturated heterocycles. The molecule has 1 saturated carbocycles. The molecule has 0 aromatic heterocycles. The SMILES string of the molecule is CCC(C)(C)C1CCC(NC(=O)CN2C(=O)NC(C)(c3ccc4c(c3)OCO4)C2=O)CC1. The summed E-state index contributed by atoms with van der Waals surface area (Å²) >= 11 is 0. The number of nitrogens with one attached hydrogen (secondary N) is 2. The molecular formula is C24H33N3O5. The Morgan fingerprint density at radius 3 is 2.56 bits per heavy atom. The summed E-state index contributed by atoms with van der Waals surface area (Å²) in [5, 5.41) is 5.77. The minimum atomic E-state index is -1.26. The van der Waals surface area contributed by atoms with Gasteiger partial charge in [-0.2, -0.15) is 0 Å². The van der Waals surface area contributed by atoms with Crippen LogP contribution in [-0.4, -0.2) is 42.1 Å². The van der Waals surface area contributed by atoms with Gasteiger partial charge in [0.25, 0.3) is 5.91 Å². The number of urea groups is 1. The largest absolute Gasteiger partial charge is 0.454 e. The van der Waals surface area contributed by atoms with Gasteiger partial charge >= 0.3 is 6.03 Å². The summed E-state index contributed by atoms with van der Waals surface area (Å²) in [6, 6.07) is 4.66. The van der Waals surface area contributed by atoms with Crippen molar-refractivity contribution in [2.24, 2.45) is 11.3 Å². The minimum absolute atomic E-state index is 0.0902. The van der Waals surface area contributed by atoms with E-state index >= 15 is 0 Å². The van der Waals surface area contributed by atoms with Gasteiger partial charge in [-0.05, 0) is 61.6 Å². The highest BCUT2D eigenvalue weighted by atomic mass is 16.7. The number of ether oxygens (including phenoxy) is 2. The molecule has 2 aliphatic heterocycles. The summed E-state index contributed by atoms with van der Waals surface area (Å²) in [4.78, 5) is 39.4. The normalized spacial score (nSPS) is 27.4. The summed E-state index contributed by atoms with van der Waals surface area (Å²) in [6.07, 6.45) is 5.15. The molecule has 2 fully saturated rings. The summed E-state index contributed by atoms with van der Waals surface area (Å²) in [7, 11) is 0. The summed E-state index contributed by atoms with van der Waals surface area (Å²) in [6.45, 7) is 8.32. The van der Waals surface area contributed by atoms with Crippen molar-refractivity contribution in [2.45, 2.75) is 71.4 Å². The number of benzene rings is 1. The molecule has 0 bridgehead atoms. The molecule has 4 rings (SSSR count). The monoisotopic (exact) mass is 443 g/mol. The Morgan fingerprint density at radius 1 is 1.19 bits per heavy atom. The molecule has 32 heavy (non-hydrogen) atoms. The van der Waals surface area contributed by atoms with Gasteiger partial charge in [0.2, 0.25) is 12.7 Å². The minimum Gasteiger partial charge on any atom is -0.454 e. The molecule has 8 nitrogen and oxygen atoms in total. The molecule has 174 valence electrons. The Balaban J connectivity index is 1.36. The van der Waals surface area contributed by atoms with Gasteiger partial charge in [0.15, 0.2) is 11.5 Å². The molecule has 8 heteroatoms. The van der Waals surface area contributed by atoms with Gasteiger partial charge < -0.3 is 20.1 Å². The second kappa shape index (κ2) is 8.30. The molecular weight excluding hydrogens is 410 g/mol. The zero-order chi connectivity index (χ0) is 23.1. The van der Waals surface area contributed by atoms with Crippen LogP contribution in [0.3, 0.4) is 0 Å². The molecule has 3 aliphatic rings. The maximum absolute atomic E-state index is 13.1. The van der Waals surface area contributed by atoms with Crippen LogP contribution in [-0.2, 0) is 15.1 Å². The van der Waals surface area contributed by atoms with E-state index in [4.69, 9.17) is 9.47 Å². The zero-order valence-electron chi connectivity index (χ0n) is 19.3. The first-order chi connectivity index (χ1) is 15.1. The number of carbonyl (C=O) groups is 3. The Kier molecular flexibility index (Phi) is 5.81. The van der Waals surface area contributed by atoms with Crippen LogP contribution in [0.15, 0.2) is 18.2 Å². The Labute approximate surface area is 189 Å². The van der Waals surface area contributed by atoms with E-state index in [9.17, 15) is 14.4 Å². The first-order valence-corrected chi connectivity index (χ1v) is 11.5. The van der Waals surface area contributed by atoms with E-state index in [1.54, 1.807) is 25.1 Å². The fourth-order valence-corrected chi connectivity index (χ4v) is 4.97. The Hall–Kier alpha value is -2.77. The average Bonchev–Trinajstić information content (AvgIpc) is 3.32. The summed E-state index contributed by atoms with van der Waals surface area (Å²) in [5.74, 6) is 1.03.